The van der Waals surface area contributed by atoms with Gasteiger partial charge in [-0.1, -0.05) is 31.4 Å². The van der Waals surface area contributed by atoms with E-state index < -0.39 is 0 Å². The molecule has 0 heterocycles. The van der Waals surface area contributed by atoms with Gasteiger partial charge in [-0.25, -0.2) is 0 Å². The molecule has 75 valence electrons. The summed E-state index contributed by atoms with van der Waals surface area (Å²) in [6, 6.07) is 0.146. The van der Waals surface area contributed by atoms with Gasteiger partial charge in [0, 0.05) is 11.8 Å². The van der Waals surface area contributed by atoms with Crippen LogP contribution in [0.2, 0.25) is 0 Å². The molecule has 3 N–H and O–H groups in total. The Hall–Kier alpha value is 0.0749. The highest BCUT2D eigenvalue weighted by Gasteiger charge is 1.96. The third kappa shape index (κ3) is 8.41. The van der Waals surface area contributed by atoms with E-state index in [0.717, 1.165) is 11.7 Å². The minimum atomic E-state index is 0.146. The molecule has 4 heteroatoms. The third-order valence-electron chi connectivity index (χ3n) is 1.63. The molecule has 13 heavy (non-hydrogen) atoms. The molecule has 0 aromatic rings. The van der Waals surface area contributed by atoms with E-state index in [2.05, 4.69) is 18.5 Å². The van der Waals surface area contributed by atoms with Crippen molar-refractivity contribution in [1.82, 2.24) is 4.63 Å². The molecule has 0 aliphatic heterocycles. The summed E-state index contributed by atoms with van der Waals surface area (Å²) >= 11 is 1.72. The normalized spacial score (nSPS) is 14.8. The molecule has 0 aliphatic carbocycles. The van der Waals surface area contributed by atoms with Crippen molar-refractivity contribution in [2.45, 2.75) is 33.7 Å². The van der Waals surface area contributed by atoms with E-state index in [1.807, 2.05) is 27.2 Å². The minimum Gasteiger partial charge on any atom is -0.324 e. The summed E-state index contributed by atoms with van der Waals surface area (Å²) in [4.78, 5) is 0. The number of hydrogen-bond acceptors (Lipinski definition) is 3. The molecular weight excluding hydrogens is 179 g/mol. The molecular formula is C9H20BN2S. The van der Waals surface area contributed by atoms with Gasteiger partial charge < -0.3 is 10.4 Å². The second kappa shape index (κ2) is 7.48. The third-order valence-corrected chi connectivity index (χ3v) is 2.77. The molecule has 0 fully saturated rings. The second-order valence-corrected chi connectivity index (χ2v) is 4.55. The summed E-state index contributed by atoms with van der Waals surface area (Å²) in [6.07, 6.45) is 0. The molecule has 2 nitrogen and oxygen atoms in total. The van der Waals surface area contributed by atoms with Crippen LogP contribution in [0.25, 0.3) is 0 Å². The first-order valence-electron chi connectivity index (χ1n) is 4.67. The van der Waals surface area contributed by atoms with Crippen molar-refractivity contribution < 1.29 is 0 Å². The molecule has 0 saturated heterocycles. The first-order chi connectivity index (χ1) is 6.04. The Morgan fingerprint density at radius 2 is 2.15 bits per heavy atom. The first kappa shape index (κ1) is 13.1. The predicted octanol–water partition coefficient (Wildman–Crippen LogP) is 1.75. The zero-order chi connectivity index (χ0) is 10.3. The Labute approximate surface area is 87.1 Å². The zero-order valence-electron chi connectivity index (χ0n) is 9.00. The lowest BCUT2D eigenvalue weighted by Gasteiger charge is -2.06. The van der Waals surface area contributed by atoms with Gasteiger partial charge in [-0.15, -0.1) is 5.98 Å². The number of hydrogen-bond donors (Lipinski definition) is 2. The van der Waals surface area contributed by atoms with Crippen LogP contribution in [0, 0.1) is 5.92 Å². The lowest BCUT2D eigenvalue weighted by atomic mass is 9.91. The van der Waals surface area contributed by atoms with Crippen molar-refractivity contribution in [2.75, 3.05) is 5.75 Å². The van der Waals surface area contributed by atoms with Crippen LogP contribution in [0.5, 0.6) is 0 Å². The monoisotopic (exact) mass is 199 g/mol. The maximum atomic E-state index is 5.68. The van der Waals surface area contributed by atoms with E-state index >= 15 is 0 Å². The van der Waals surface area contributed by atoms with Gasteiger partial charge in [0.15, 0.2) is 0 Å². The summed E-state index contributed by atoms with van der Waals surface area (Å²) in [5, 5.41) is 0. The lowest BCUT2D eigenvalue weighted by Crippen LogP contribution is -2.18. The zero-order valence-corrected chi connectivity index (χ0v) is 9.82. The van der Waals surface area contributed by atoms with E-state index in [0.29, 0.717) is 0 Å². The molecule has 1 radical (unpaired) electrons. The largest absolute Gasteiger partial charge is 0.324 e. The van der Waals surface area contributed by atoms with Crippen molar-refractivity contribution in [1.29, 1.82) is 0 Å². The Balaban J connectivity index is 3.39. The molecule has 0 rings (SSSR count). The SMILES string of the molecule is C/C(=C/[B]NSCC(C)C)[C@@H](C)N. The van der Waals surface area contributed by atoms with Crippen molar-refractivity contribution in [3.63, 3.8) is 0 Å². The van der Waals surface area contributed by atoms with Gasteiger partial charge >= 0.3 is 0 Å². The highest BCUT2D eigenvalue weighted by molar-refractivity contribution is 7.98. The van der Waals surface area contributed by atoms with E-state index in [4.69, 9.17) is 5.73 Å². The van der Waals surface area contributed by atoms with Gasteiger partial charge in [0.2, 0.25) is 7.41 Å². The number of nitrogens with two attached hydrogens (primary N) is 1. The Kier molecular flexibility index (Phi) is 7.52. The summed E-state index contributed by atoms with van der Waals surface area (Å²) in [7, 11) is 1.95. The lowest BCUT2D eigenvalue weighted by molar-refractivity contribution is 0.750. The van der Waals surface area contributed by atoms with Gasteiger partial charge in [-0.3, -0.25) is 0 Å². The Bertz CT molecular complexity index is 158. The smallest absolute Gasteiger partial charge is 0.248 e. The number of rotatable bonds is 6. The van der Waals surface area contributed by atoms with Crippen LogP contribution in [-0.2, 0) is 0 Å². The molecule has 0 amide bonds. The van der Waals surface area contributed by atoms with Crippen molar-refractivity contribution in [2.24, 2.45) is 11.7 Å². The fourth-order valence-electron chi connectivity index (χ4n) is 0.580. The van der Waals surface area contributed by atoms with Crippen molar-refractivity contribution in [3.8, 4) is 0 Å². The van der Waals surface area contributed by atoms with Crippen LogP contribution < -0.4 is 10.4 Å². The van der Waals surface area contributed by atoms with Gasteiger partial charge in [0.1, 0.15) is 0 Å². The van der Waals surface area contributed by atoms with E-state index in [1.54, 1.807) is 11.9 Å². The van der Waals surface area contributed by atoms with Gasteiger partial charge in [-0.05, 0) is 19.8 Å². The van der Waals surface area contributed by atoms with Crippen LogP contribution in [0.15, 0.2) is 11.5 Å². The van der Waals surface area contributed by atoms with Crippen LogP contribution >= 0.6 is 11.9 Å². The van der Waals surface area contributed by atoms with Gasteiger partial charge in [-0.2, -0.15) is 0 Å². The quantitative estimate of drug-likeness (QED) is 0.389. The van der Waals surface area contributed by atoms with E-state index in [1.165, 1.54) is 5.57 Å². The molecule has 0 spiro atoms. The van der Waals surface area contributed by atoms with Crippen LogP contribution in [0.3, 0.4) is 0 Å². The maximum Gasteiger partial charge on any atom is 0.248 e. The minimum absolute atomic E-state index is 0.146. The average Bonchev–Trinajstić information content (AvgIpc) is 2.02. The fourth-order valence-corrected chi connectivity index (χ4v) is 1.17. The highest BCUT2D eigenvalue weighted by Crippen LogP contribution is 2.02. The predicted molar refractivity (Wildman–Crippen MR) is 63.6 cm³/mol. The Morgan fingerprint density at radius 1 is 1.54 bits per heavy atom. The standard InChI is InChI=1S/C9H20BN2S/c1-7(2)6-13-12-10-5-8(3)9(4)11/h5,7,9,12H,6,11H2,1-4H3/b8-5-/t9-/m1/s1. The molecule has 1 atom stereocenters. The fraction of sp³-hybridized carbons (Fsp3) is 0.778. The summed E-state index contributed by atoms with van der Waals surface area (Å²) < 4.78 is 3.16. The van der Waals surface area contributed by atoms with Crippen molar-refractivity contribution in [3.05, 3.63) is 11.5 Å². The summed E-state index contributed by atoms with van der Waals surface area (Å²) in [5.41, 5.74) is 6.87. The van der Waals surface area contributed by atoms with Crippen LogP contribution in [-0.4, -0.2) is 19.2 Å². The molecule has 0 saturated carbocycles. The summed E-state index contributed by atoms with van der Waals surface area (Å²) in [6.45, 7) is 8.44. The van der Waals surface area contributed by atoms with Gasteiger partial charge in [0.25, 0.3) is 0 Å². The molecule has 0 unspecified atom stereocenters. The maximum absolute atomic E-state index is 5.68. The Morgan fingerprint density at radius 3 is 2.62 bits per heavy atom. The van der Waals surface area contributed by atoms with Crippen LogP contribution in [0.1, 0.15) is 27.7 Å². The topological polar surface area (TPSA) is 38.0 Å². The summed E-state index contributed by atoms with van der Waals surface area (Å²) in [5.74, 6) is 3.88. The molecule has 0 aromatic heterocycles. The van der Waals surface area contributed by atoms with Gasteiger partial charge in [0.05, 0.1) is 0 Å². The molecule has 0 aromatic carbocycles. The van der Waals surface area contributed by atoms with Crippen LogP contribution in [0.4, 0.5) is 0 Å². The highest BCUT2D eigenvalue weighted by atomic mass is 32.2. The number of nitrogens with one attached hydrogen (secondary N) is 1. The van der Waals surface area contributed by atoms with E-state index in [9.17, 15) is 0 Å². The second-order valence-electron chi connectivity index (χ2n) is 3.69. The van der Waals surface area contributed by atoms with Crippen molar-refractivity contribution >= 4 is 19.4 Å². The van der Waals surface area contributed by atoms with E-state index in [-0.39, 0.29) is 6.04 Å². The molecule has 0 aliphatic rings. The first-order valence-corrected chi connectivity index (χ1v) is 5.65. The molecule has 0 bridgehead atoms. The average molecular weight is 199 g/mol.